The van der Waals surface area contributed by atoms with Gasteiger partial charge in [0.05, 0.1) is 0 Å². The lowest BCUT2D eigenvalue weighted by Gasteiger charge is -2.09. The van der Waals surface area contributed by atoms with Crippen LogP contribution in [0.25, 0.3) is 0 Å². The monoisotopic (exact) mass is 256 g/mol. The number of H-pyrrole nitrogens is 1. The number of hydrogen-bond acceptors (Lipinski definition) is 5. The van der Waals surface area contributed by atoms with Gasteiger partial charge in [0.1, 0.15) is 11.9 Å². The molecule has 94 valence electrons. The number of rotatable bonds is 5. The van der Waals surface area contributed by atoms with Crippen LogP contribution in [0.1, 0.15) is 18.7 Å². The molecule has 6 nitrogen and oxygen atoms in total. The first-order chi connectivity index (χ1) is 8.25. The summed E-state index contributed by atoms with van der Waals surface area (Å²) in [6, 6.07) is 0. The van der Waals surface area contributed by atoms with Crippen LogP contribution in [0.2, 0.25) is 0 Å². The van der Waals surface area contributed by atoms with E-state index in [1.165, 1.54) is 11.8 Å². The quantitative estimate of drug-likeness (QED) is 0.592. The van der Waals surface area contributed by atoms with Gasteiger partial charge in [0.2, 0.25) is 11.1 Å². The number of carbonyl (C=O) groups excluding carboxylic acids is 1. The number of thioether (sulfide) groups is 1. The molecule has 0 spiro atoms. The molecule has 0 radical (unpaired) electrons. The lowest BCUT2D eigenvalue weighted by Crippen LogP contribution is -2.35. The minimum Gasteiger partial charge on any atom is -0.368 e. The third-order valence-corrected chi connectivity index (χ3v) is 3.28. The van der Waals surface area contributed by atoms with Crippen LogP contribution in [0, 0.1) is 6.92 Å². The summed E-state index contributed by atoms with van der Waals surface area (Å²) < 4.78 is 5.28. The summed E-state index contributed by atoms with van der Waals surface area (Å²) in [6.07, 6.45) is 1.56. The van der Waals surface area contributed by atoms with Gasteiger partial charge in [-0.3, -0.25) is 9.89 Å². The highest BCUT2D eigenvalue weighted by Gasteiger charge is 2.22. The summed E-state index contributed by atoms with van der Waals surface area (Å²) in [7, 11) is 0. The van der Waals surface area contributed by atoms with Crippen LogP contribution in [0.15, 0.2) is 5.16 Å². The van der Waals surface area contributed by atoms with Gasteiger partial charge in [0.15, 0.2) is 0 Å². The summed E-state index contributed by atoms with van der Waals surface area (Å²) in [5.41, 5.74) is 0. The Kier molecular flexibility index (Phi) is 4.38. The first kappa shape index (κ1) is 12.4. The summed E-state index contributed by atoms with van der Waals surface area (Å²) in [5, 5.41) is 10.3. The molecule has 1 amide bonds. The van der Waals surface area contributed by atoms with E-state index < -0.39 is 0 Å². The van der Waals surface area contributed by atoms with Gasteiger partial charge in [-0.05, 0) is 19.8 Å². The predicted octanol–water partition coefficient (Wildman–Crippen LogP) is 0.500. The maximum Gasteiger partial charge on any atom is 0.249 e. The molecule has 0 unspecified atom stereocenters. The smallest absolute Gasteiger partial charge is 0.249 e. The molecule has 17 heavy (non-hydrogen) atoms. The van der Waals surface area contributed by atoms with Gasteiger partial charge in [0, 0.05) is 18.9 Å². The molecule has 2 heterocycles. The zero-order chi connectivity index (χ0) is 12.1. The third-order valence-electron chi connectivity index (χ3n) is 2.43. The van der Waals surface area contributed by atoms with Crippen molar-refractivity contribution in [3.05, 3.63) is 5.82 Å². The van der Waals surface area contributed by atoms with Crippen molar-refractivity contribution in [2.45, 2.75) is 31.0 Å². The van der Waals surface area contributed by atoms with Gasteiger partial charge in [0.25, 0.3) is 0 Å². The zero-order valence-electron chi connectivity index (χ0n) is 9.73. The second kappa shape index (κ2) is 6.02. The normalized spacial score (nSPS) is 19.5. The number of carbonyl (C=O) groups is 1. The molecule has 0 aromatic carbocycles. The number of nitrogens with zero attached hydrogens (tertiary/aromatic N) is 2. The van der Waals surface area contributed by atoms with Gasteiger partial charge in [-0.1, -0.05) is 11.8 Å². The summed E-state index contributed by atoms with van der Waals surface area (Å²) >= 11 is 1.52. The van der Waals surface area contributed by atoms with Crippen LogP contribution in [0.3, 0.4) is 0 Å². The third kappa shape index (κ3) is 3.71. The molecule has 1 fully saturated rings. The molecule has 1 aromatic heterocycles. The average molecular weight is 256 g/mol. The Labute approximate surface area is 104 Å². The van der Waals surface area contributed by atoms with Crippen LogP contribution in [0.5, 0.6) is 0 Å². The number of amides is 1. The van der Waals surface area contributed by atoms with Crippen molar-refractivity contribution in [3.63, 3.8) is 0 Å². The van der Waals surface area contributed by atoms with Gasteiger partial charge < -0.3 is 10.1 Å². The van der Waals surface area contributed by atoms with Crippen LogP contribution in [-0.2, 0) is 9.53 Å². The van der Waals surface area contributed by atoms with E-state index in [9.17, 15) is 4.79 Å². The maximum atomic E-state index is 11.6. The summed E-state index contributed by atoms with van der Waals surface area (Å²) in [4.78, 5) is 15.7. The average Bonchev–Trinajstić information content (AvgIpc) is 2.95. The largest absolute Gasteiger partial charge is 0.368 e. The Morgan fingerprint density at radius 3 is 3.24 bits per heavy atom. The second-order valence-corrected chi connectivity index (χ2v) is 4.91. The highest BCUT2D eigenvalue weighted by molar-refractivity contribution is 7.99. The fourth-order valence-electron chi connectivity index (χ4n) is 1.60. The predicted molar refractivity (Wildman–Crippen MR) is 63.8 cm³/mol. The van der Waals surface area contributed by atoms with Crippen molar-refractivity contribution >= 4 is 17.7 Å². The molecule has 0 aliphatic carbocycles. The molecule has 0 saturated carbocycles. The van der Waals surface area contributed by atoms with Crippen molar-refractivity contribution in [1.29, 1.82) is 0 Å². The summed E-state index contributed by atoms with van der Waals surface area (Å²) in [5.74, 6) is 1.56. The Morgan fingerprint density at radius 2 is 2.59 bits per heavy atom. The molecular formula is C10H16N4O2S. The Bertz CT molecular complexity index is 376. The van der Waals surface area contributed by atoms with E-state index in [2.05, 4.69) is 20.5 Å². The van der Waals surface area contributed by atoms with E-state index in [0.717, 1.165) is 24.4 Å². The fourth-order valence-corrected chi connectivity index (χ4v) is 2.30. The van der Waals surface area contributed by atoms with Gasteiger partial charge >= 0.3 is 0 Å². The van der Waals surface area contributed by atoms with Crippen molar-refractivity contribution in [3.8, 4) is 0 Å². The Balaban J connectivity index is 1.61. The minimum absolute atomic E-state index is 0.00531. The number of hydrogen-bond donors (Lipinski definition) is 2. The van der Waals surface area contributed by atoms with Crippen LogP contribution in [0.4, 0.5) is 0 Å². The Hall–Kier alpha value is -1.08. The number of ether oxygens (including phenoxy) is 1. The molecule has 2 rings (SSSR count). The lowest BCUT2D eigenvalue weighted by molar-refractivity contribution is -0.129. The van der Waals surface area contributed by atoms with Gasteiger partial charge in [-0.25, -0.2) is 4.98 Å². The molecular weight excluding hydrogens is 240 g/mol. The van der Waals surface area contributed by atoms with Crippen molar-refractivity contribution in [1.82, 2.24) is 20.5 Å². The first-order valence-corrected chi connectivity index (χ1v) is 6.65. The molecule has 2 N–H and O–H groups in total. The van der Waals surface area contributed by atoms with Crippen LogP contribution in [-0.4, -0.2) is 46.1 Å². The summed E-state index contributed by atoms with van der Waals surface area (Å²) in [6.45, 7) is 3.16. The van der Waals surface area contributed by atoms with Gasteiger partial charge in [-0.15, -0.1) is 5.10 Å². The van der Waals surface area contributed by atoms with E-state index >= 15 is 0 Å². The molecule has 1 saturated heterocycles. The van der Waals surface area contributed by atoms with Gasteiger partial charge in [-0.2, -0.15) is 0 Å². The van der Waals surface area contributed by atoms with Crippen LogP contribution >= 0.6 is 11.8 Å². The van der Waals surface area contributed by atoms with E-state index in [-0.39, 0.29) is 12.0 Å². The topological polar surface area (TPSA) is 79.9 Å². The molecule has 1 atom stereocenters. The van der Waals surface area contributed by atoms with E-state index in [0.29, 0.717) is 18.3 Å². The fraction of sp³-hybridized carbons (Fsp3) is 0.700. The number of aryl methyl sites for hydroxylation is 1. The molecule has 0 bridgehead atoms. The second-order valence-electron chi connectivity index (χ2n) is 3.84. The first-order valence-electron chi connectivity index (χ1n) is 5.67. The van der Waals surface area contributed by atoms with E-state index in [1.54, 1.807) is 0 Å². The SMILES string of the molecule is Cc1nc(SCCNC(=O)[C@H]2CCCO2)n[nH]1. The number of aromatic nitrogens is 3. The van der Waals surface area contributed by atoms with Crippen LogP contribution < -0.4 is 5.32 Å². The standard InChI is InChI=1S/C10H16N4O2S/c1-7-12-10(14-13-7)17-6-4-11-9(15)8-3-2-5-16-8/h8H,2-6H2,1H3,(H,11,15)(H,12,13,14)/t8-/m1/s1. The molecule has 1 aliphatic heterocycles. The molecule has 7 heteroatoms. The highest BCUT2D eigenvalue weighted by atomic mass is 32.2. The van der Waals surface area contributed by atoms with Crippen molar-refractivity contribution < 1.29 is 9.53 Å². The van der Waals surface area contributed by atoms with E-state index in [4.69, 9.17) is 4.74 Å². The molecule has 1 aromatic rings. The lowest BCUT2D eigenvalue weighted by atomic mass is 10.2. The number of aromatic amines is 1. The minimum atomic E-state index is -0.245. The molecule has 1 aliphatic rings. The zero-order valence-corrected chi connectivity index (χ0v) is 10.5. The number of nitrogens with one attached hydrogen (secondary N) is 2. The van der Waals surface area contributed by atoms with E-state index in [1.807, 2.05) is 6.92 Å². The Morgan fingerprint density at radius 1 is 1.71 bits per heavy atom. The van der Waals surface area contributed by atoms with Crippen molar-refractivity contribution in [2.75, 3.05) is 18.9 Å². The van der Waals surface area contributed by atoms with Crippen molar-refractivity contribution in [2.24, 2.45) is 0 Å². The highest BCUT2D eigenvalue weighted by Crippen LogP contribution is 2.13. The maximum absolute atomic E-state index is 11.6.